The van der Waals surface area contributed by atoms with Gasteiger partial charge in [-0.1, -0.05) is 82.3 Å². The molecule has 2 aromatic carbocycles. The third-order valence-corrected chi connectivity index (χ3v) is 9.44. The van der Waals surface area contributed by atoms with Crippen LogP contribution in [0.15, 0.2) is 54.6 Å². The number of benzene rings is 2. The van der Waals surface area contributed by atoms with E-state index in [2.05, 4.69) is 0 Å². The number of rotatable bonds is 11. The zero-order valence-electron chi connectivity index (χ0n) is 27.4. The van der Waals surface area contributed by atoms with E-state index in [4.69, 9.17) is 11.5 Å². The summed E-state index contributed by atoms with van der Waals surface area (Å²) >= 11 is 0. The molecule has 0 radical (unpaired) electrons. The zero-order chi connectivity index (χ0) is 33.9. The SMILES string of the molecule is CC(C)[C@H](N)C(=O)N(C)[C@H](C(=O)N1CCC[C@H]1C(=O)N1CCC[C@H]1C(=O)c1ccccc1C(O)(C(N)=O)c1ccccc1)C(C)C. The Labute approximate surface area is 270 Å². The molecule has 2 fully saturated rings. The Morgan fingerprint density at radius 1 is 0.848 bits per heavy atom. The minimum Gasteiger partial charge on any atom is -0.372 e. The first-order valence-electron chi connectivity index (χ1n) is 16.1. The molecule has 1 unspecified atom stereocenters. The van der Waals surface area contributed by atoms with Crippen molar-refractivity contribution in [3.8, 4) is 0 Å². The van der Waals surface area contributed by atoms with Gasteiger partial charge in [0, 0.05) is 31.3 Å². The first kappa shape index (κ1) is 34.8. The van der Waals surface area contributed by atoms with Crippen molar-refractivity contribution in [3.05, 3.63) is 71.3 Å². The number of nitrogens with zero attached hydrogens (tertiary/aromatic N) is 3. The molecule has 2 aliphatic heterocycles. The Kier molecular flexibility index (Phi) is 10.7. The molecule has 248 valence electrons. The number of amides is 4. The highest BCUT2D eigenvalue weighted by molar-refractivity contribution is 6.06. The molecular weight excluding hydrogens is 586 g/mol. The molecular formula is C35H47N5O6. The van der Waals surface area contributed by atoms with Crippen molar-refractivity contribution in [1.82, 2.24) is 14.7 Å². The summed E-state index contributed by atoms with van der Waals surface area (Å²) < 4.78 is 0. The second-order valence-electron chi connectivity index (χ2n) is 13.1. The Morgan fingerprint density at radius 3 is 2.00 bits per heavy atom. The van der Waals surface area contributed by atoms with E-state index in [1.807, 2.05) is 27.7 Å². The van der Waals surface area contributed by atoms with Crippen molar-refractivity contribution in [2.75, 3.05) is 20.1 Å². The highest BCUT2D eigenvalue weighted by Crippen LogP contribution is 2.35. The largest absolute Gasteiger partial charge is 0.372 e. The van der Waals surface area contributed by atoms with Crippen LogP contribution in [0.4, 0.5) is 0 Å². The number of Topliss-reactive ketones (excluding diaryl/α,β-unsaturated/α-hetero) is 1. The van der Waals surface area contributed by atoms with Gasteiger partial charge in [-0.15, -0.1) is 0 Å². The van der Waals surface area contributed by atoms with E-state index in [0.717, 1.165) is 0 Å². The van der Waals surface area contributed by atoms with E-state index in [1.54, 1.807) is 54.4 Å². The van der Waals surface area contributed by atoms with Gasteiger partial charge in [-0.25, -0.2) is 0 Å². The number of primary amides is 1. The molecule has 2 saturated heterocycles. The molecule has 5 N–H and O–H groups in total. The summed E-state index contributed by atoms with van der Waals surface area (Å²) in [4.78, 5) is 72.8. The predicted octanol–water partition coefficient (Wildman–Crippen LogP) is 2.04. The summed E-state index contributed by atoms with van der Waals surface area (Å²) in [6.07, 6.45) is 2.00. The van der Waals surface area contributed by atoms with Gasteiger partial charge in [-0.3, -0.25) is 24.0 Å². The van der Waals surface area contributed by atoms with Gasteiger partial charge in [0.2, 0.25) is 17.7 Å². The standard InChI is InChI=1S/C35H47N5O6/c1-21(2)28(36)32(43)38(5)29(22(3)4)33(44)40-20-12-18-27(40)31(42)39-19-11-17-26(39)30(41)24-15-9-10-16-25(24)35(46,34(37)45)23-13-7-6-8-14-23/h6-10,13-16,21-22,26-29,46H,11-12,17-20,36H2,1-5H3,(H2,37,45)/t26-,27-,28-,29-,35?/m0/s1. The number of likely N-dealkylation sites (tertiary alicyclic amines) is 2. The second-order valence-corrected chi connectivity index (χ2v) is 13.1. The van der Waals surface area contributed by atoms with E-state index < -0.39 is 41.5 Å². The van der Waals surface area contributed by atoms with Gasteiger partial charge in [-0.2, -0.15) is 0 Å². The maximum atomic E-state index is 14.2. The fraction of sp³-hybridized carbons (Fsp3) is 0.514. The lowest BCUT2D eigenvalue weighted by atomic mass is 9.81. The molecule has 0 aliphatic carbocycles. The summed E-state index contributed by atoms with van der Waals surface area (Å²) in [5, 5.41) is 11.7. The van der Waals surface area contributed by atoms with Crippen LogP contribution >= 0.6 is 0 Å². The fourth-order valence-corrected chi connectivity index (χ4v) is 6.81. The Balaban J connectivity index is 1.62. The van der Waals surface area contributed by atoms with Crippen LogP contribution in [-0.4, -0.2) is 93.5 Å². The molecule has 0 bridgehead atoms. The van der Waals surface area contributed by atoms with Crippen molar-refractivity contribution in [1.29, 1.82) is 0 Å². The lowest BCUT2D eigenvalue weighted by Gasteiger charge is -2.38. The second kappa shape index (κ2) is 14.1. The van der Waals surface area contributed by atoms with E-state index in [9.17, 15) is 29.1 Å². The van der Waals surface area contributed by atoms with Crippen LogP contribution in [0.3, 0.4) is 0 Å². The molecule has 0 spiro atoms. The van der Waals surface area contributed by atoms with Gasteiger partial charge in [0.1, 0.15) is 12.1 Å². The average Bonchev–Trinajstić information content (AvgIpc) is 3.74. The molecule has 2 aromatic rings. The van der Waals surface area contributed by atoms with Crippen molar-refractivity contribution >= 4 is 29.4 Å². The molecule has 2 aliphatic rings. The van der Waals surface area contributed by atoms with E-state index in [0.29, 0.717) is 38.8 Å². The summed E-state index contributed by atoms with van der Waals surface area (Å²) in [6, 6.07) is 11.3. The van der Waals surface area contributed by atoms with Crippen LogP contribution in [0.1, 0.15) is 74.9 Å². The van der Waals surface area contributed by atoms with Crippen LogP contribution in [0.2, 0.25) is 0 Å². The predicted molar refractivity (Wildman–Crippen MR) is 173 cm³/mol. The molecule has 0 saturated carbocycles. The van der Waals surface area contributed by atoms with Gasteiger partial charge < -0.3 is 31.3 Å². The average molecular weight is 634 g/mol. The van der Waals surface area contributed by atoms with Gasteiger partial charge in [-0.05, 0) is 43.1 Å². The fourth-order valence-electron chi connectivity index (χ4n) is 6.81. The number of nitrogens with two attached hydrogens (primary N) is 2. The molecule has 4 amide bonds. The first-order chi connectivity index (χ1) is 21.7. The number of hydrogen-bond donors (Lipinski definition) is 3. The summed E-state index contributed by atoms with van der Waals surface area (Å²) in [7, 11) is 1.58. The third-order valence-electron chi connectivity index (χ3n) is 9.44. The van der Waals surface area contributed by atoms with Crippen molar-refractivity contribution in [2.45, 2.75) is 83.1 Å². The van der Waals surface area contributed by atoms with E-state index >= 15 is 0 Å². The zero-order valence-corrected chi connectivity index (χ0v) is 27.4. The molecule has 5 atom stereocenters. The molecule has 11 nitrogen and oxygen atoms in total. The molecule has 4 rings (SSSR count). The minimum absolute atomic E-state index is 0.0442. The minimum atomic E-state index is -2.27. The Morgan fingerprint density at radius 2 is 1.41 bits per heavy atom. The molecule has 11 heteroatoms. The molecule has 2 heterocycles. The number of carbonyl (C=O) groups is 5. The Bertz CT molecular complexity index is 1460. The molecule has 46 heavy (non-hydrogen) atoms. The van der Waals surface area contributed by atoms with Crippen molar-refractivity contribution in [2.24, 2.45) is 23.3 Å². The van der Waals surface area contributed by atoms with Crippen LogP contribution < -0.4 is 11.5 Å². The maximum Gasteiger partial charge on any atom is 0.258 e. The van der Waals surface area contributed by atoms with Crippen LogP contribution in [0, 0.1) is 11.8 Å². The maximum absolute atomic E-state index is 14.2. The van der Waals surface area contributed by atoms with Gasteiger partial charge in [0.15, 0.2) is 11.4 Å². The highest BCUT2D eigenvalue weighted by Gasteiger charge is 2.47. The Hall–Kier alpha value is -4.09. The number of ketones is 1. The van der Waals surface area contributed by atoms with Gasteiger partial charge >= 0.3 is 0 Å². The van der Waals surface area contributed by atoms with Gasteiger partial charge in [0.25, 0.3) is 5.91 Å². The van der Waals surface area contributed by atoms with E-state index in [1.165, 1.54) is 21.9 Å². The number of aliphatic hydroxyl groups is 1. The van der Waals surface area contributed by atoms with Crippen LogP contribution in [0.5, 0.6) is 0 Å². The van der Waals surface area contributed by atoms with Crippen LogP contribution in [0.25, 0.3) is 0 Å². The summed E-state index contributed by atoms with van der Waals surface area (Å²) in [6.45, 7) is 8.09. The van der Waals surface area contributed by atoms with E-state index in [-0.39, 0.29) is 46.2 Å². The quantitative estimate of drug-likeness (QED) is 0.318. The number of carbonyl (C=O) groups excluding carboxylic acids is 5. The summed E-state index contributed by atoms with van der Waals surface area (Å²) in [5.41, 5.74) is 9.97. The summed E-state index contributed by atoms with van der Waals surface area (Å²) in [5.74, 6) is -2.78. The lowest BCUT2D eigenvalue weighted by molar-refractivity contribution is -0.151. The topological polar surface area (TPSA) is 167 Å². The first-order valence-corrected chi connectivity index (χ1v) is 16.1. The normalized spacial score (nSPS) is 20.8. The number of hydrogen-bond acceptors (Lipinski definition) is 7. The smallest absolute Gasteiger partial charge is 0.258 e. The van der Waals surface area contributed by atoms with Crippen molar-refractivity contribution in [3.63, 3.8) is 0 Å². The monoisotopic (exact) mass is 633 g/mol. The number of likely N-dealkylation sites (N-methyl/N-ethyl adjacent to an activating group) is 1. The van der Waals surface area contributed by atoms with Crippen LogP contribution in [-0.2, 0) is 24.8 Å². The van der Waals surface area contributed by atoms with Gasteiger partial charge in [0.05, 0.1) is 12.1 Å². The highest BCUT2D eigenvalue weighted by atomic mass is 16.3. The van der Waals surface area contributed by atoms with Crippen molar-refractivity contribution < 1.29 is 29.1 Å². The molecule has 0 aromatic heterocycles. The third kappa shape index (κ3) is 6.43. The lowest BCUT2D eigenvalue weighted by Crippen LogP contribution is -2.59.